The zero-order chi connectivity index (χ0) is 15.9. The van der Waals surface area contributed by atoms with E-state index >= 15 is 0 Å². The Morgan fingerprint density at radius 1 is 1.09 bits per heavy atom. The molecule has 0 amide bonds. The summed E-state index contributed by atoms with van der Waals surface area (Å²) in [7, 11) is 0. The second-order valence-electron chi connectivity index (χ2n) is 5.12. The molecule has 0 unspecified atom stereocenters. The van der Waals surface area contributed by atoms with Crippen molar-refractivity contribution in [2.45, 2.75) is 32.8 Å². The third kappa shape index (κ3) is 5.04. The molecule has 2 aromatic rings. The van der Waals surface area contributed by atoms with E-state index in [1.165, 1.54) is 0 Å². The van der Waals surface area contributed by atoms with Crippen molar-refractivity contribution in [3.8, 4) is 5.75 Å². The van der Waals surface area contributed by atoms with Crippen LogP contribution in [0.2, 0.25) is 10.0 Å². The largest absolute Gasteiger partial charge is 0.489 e. The maximum absolute atomic E-state index is 12.0. The fourth-order valence-electron chi connectivity index (χ4n) is 2.10. The molecule has 0 spiro atoms. The molecule has 116 valence electrons. The molecule has 2 rings (SSSR count). The number of ether oxygens (including phenoxy) is 1. The number of benzene rings is 2. The van der Waals surface area contributed by atoms with Crippen LogP contribution >= 0.6 is 23.2 Å². The molecular formula is C18H18Cl2O2. The predicted octanol–water partition coefficient (Wildman–Crippen LogP) is 5.95. The van der Waals surface area contributed by atoms with E-state index < -0.39 is 0 Å². The van der Waals surface area contributed by atoms with Crippen molar-refractivity contribution >= 4 is 29.0 Å². The van der Waals surface area contributed by atoms with Crippen molar-refractivity contribution in [2.75, 3.05) is 0 Å². The summed E-state index contributed by atoms with van der Waals surface area (Å²) in [4.78, 5) is 12.0. The molecule has 0 aliphatic rings. The van der Waals surface area contributed by atoms with Gasteiger partial charge in [-0.25, -0.2) is 0 Å². The molecule has 0 fully saturated rings. The van der Waals surface area contributed by atoms with Gasteiger partial charge in [-0.15, -0.1) is 0 Å². The average molecular weight is 337 g/mol. The summed E-state index contributed by atoms with van der Waals surface area (Å²) < 4.78 is 5.73. The van der Waals surface area contributed by atoms with E-state index in [4.69, 9.17) is 27.9 Å². The first-order chi connectivity index (χ1) is 10.6. The number of Topliss-reactive ketones (excluding diaryl/α,β-unsaturated/α-hetero) is 1. The minimum absolute atomic E-state index is 0.151. The van der Waals surface area contributed by atoms with Crippen LogP contribution in [0.5, 0.6) is 5.75 Å². The summed E-state index contributed by atoms with van der Waals surface area (Å²) in [6.07, 6.45) is 2.49. The van der Waals surface area contributed by atoms with Crippen molar-refractivity contribution in [1.82, 2.24) is 0 Å². The number of carbonyl (C=O) groups excluding carboxylic acids is 1. The van der Waals surface area contributed by atoms with Gasteiger partial charge < -0.3 is 4.74 Å². The molecule has 0 aliphatic heterocycles. The van der Waals surface area contributed by atoms with Gasteiger partial charge in [0, 0.05) is 22.0 Å². The average Bonchev–Trinajstić information content (AvgIpc) is 2.50. The maximum atomic E-state index is 12.0. The minimum atomic E-state index is 0.151. The Labute approximate surface area is 141 Å². The fraction of sp³-hybridized carbons (Fsp3) is 0.278. The molecule has 4 heteroatoms. The van der Waals surface area contributed by atoms with E-state index in [1.807, 2.05) is 30.3 Å². The van der Waals surface area contributed by atoms with E-state index in [9.17, 15) is 4.79 Å². The number of rotatable bonds is 7. The Balaban J connectivity index is 2.02. The first-order valence-corrected chi connectivity index (χ1v) is 8.05. The van der Waals surface area contributed by atoms with Crippen molar-refractivity contribution in [3.63, 3.8) is 0 Å². The third-order valence-corrected chi connectivity index (χ3v) is 3.68. The fourth-order valence-corrected chi connectivity index (χ4v) is 2.67. The molecule has 0 saturated heterocycles. The van der Waals surface area contributed by atoms with E-state index in [2.05, 4.69) is 6.92 Å². The lowest BCUT2D eigenvalue weighted by Gasteiger charge is -2.08. The minimum Gasteiger partial charge on any atom is -0.489 e. The van der Waals surface area contributed by atoms with Crippen molar-refractivity contribution in [2.24, 2.45) is 0 Å². The van der Waals surface area contributed by atoms with Gasteiger partial charge in [0.2, 0.25) is 0 Å². The van der Waals surface area contributed by atoms with E-state index in [0.29, 0.717) is 34.4 Å². The molecule has 0 aromatic heterocycles. The van der Waals surface area contributed by atoms with Crippen LogP contribution in [-0.2, 0) is 6.61 Å². The molecule has 0 radical (unpaired) electrons. The van der Waals surface area contributed by atoms with Gasteiger partial charge in [-0.1, -0.05) is 48.7 Å². The van der Waals surface area contributed by atoms with Crippen LogP contribution in [0.25, 0.3) is 0 Å². The van der Waals surface area contributed by atoms with E-state index in [1.54, 1.807) is 12.1 Å². The van der Waals surface area contributed by atoms with Crippen LogP contribution in [0, 0.1) is 0 Å². The lowest BCUT2D eigenvalue weighted by Crippen LogP contribution is -2.00. The van der Waals surface area contributed by atoms with Crippen LogP contribution in [0.4, 0.5) is 0 Å². The monoisotopic (exact) mass is 336 g/mol. The Bertz CT molecular complexity index is 633. The summed E-state index contributed by atoms with van der Waals surface area (Å²) in [6.45, 7) is 2.43. The molecule has 2 aromatic carbocycles. The number of hydrogen-bond donors (Lipinski definition) is 0. The highest BCUT2D eigenvalue weighted by Crippen LogP contribution is 2.21. The second kappa shape index (κ2) is 8.21. The molecule has 2 nitrogen and oxygen atoms in total. The van der Waals surface area contributed by atoms with Gasteiger partial charge in [0.25, 0.3) is 0 Å². The molecule has 0 saturated carbocycles. The number of carbonyl (C=O) groups is 1. The Morgan fingerprint density at radius 3 is 2.50 bits per heavy atom. The van der Waals surface area contributed by atoms with Crippen LogP contribution in [0.1, 0.15) is 42.1 Å². The molecule has 0 heterocycles. The number of hydrogen-bond acceptors (Lipinski definition) is 2. The zero-order valence-electron chi connectivity index (χ0n) is 12.4. The van der Waals surface area contributed by atoms with Crippen molar-refractivity contribution < 1.29 is 9.53 Å². The van der Waals surface area contributed by atoms with Crippen LogP contribution in [0.3, 0.4) is 0 Å². The van der Waals surface area contributed by atoms with Crippen LogP contribution < -0.4 is 4.74 Å². The highest BCUT2D eigenvalue weighted by atomic mass is 35.5. The lowest BCUT2D eigenvalue weighted by molar-refractivity contribution is 0.0979. The Kier molecular flexibility index (Phi) is 6.29. The normalized spacial score (nSPS) is 10.5. The summed E-state index contributed by atoms with van der Waals surface area (Å²) in [5.41, 5.74) is 1.58. The molecule has 0 N–H and O–H groups in total. The quantitative estimate of drug-likeness (QED) is 0.584. The zero-order valence-corrected chi connectivity index (χ0v) is 14.0. The van der Waals surface area contributed by atoms with Crippen molar-refractivity contribution in [3.05, 3.63) is 63.6 Å². The standard InChI is InChI=1S/C18H18Cl2O2/c1-2-3-7-18(21)14-5-4-6-17(10-14)22-12-13-8-15(19)11-16(20)9-13/h4-6,8-11H,2-3,7,12H2,1H3. The molecule has 0 aliphatic carbocycles. The summed E-state index contributed by atoms with van der Waals surface area (Å²) >= 11 is 11.9. The smallest absolute Gasteiger partial charge is 0.163 e. The highest BCUT2D eigenvalue weighted by molar-refractivity contribution is 6.34. The number of halogens is 2. The van der Waals surface area contributed by atoms with Gasteiger partial charge in [-0.3, -0.25) is 4.79 Å². The Morgan fingerprint density at radius 2 is 1.82 bits per heavy atom. The van der Waals surface area contributed by atoms with Crippen LogP contribution in [0.15, 0.2) is 42.5 Å². The van der Waals surface area contributed by atoms with Gasteiger partial charge in [-0.05, 0) is 42.3 Å². The van der Waals surface area contributed by atoms with Gasteiger partial charge in [0.1, 0.15) is 12.4 Å². The summed E-state index contributed by atoms with van der Waals surface area (Å²) in [5.74, 6) is 0.816. The number of unbranched alkanes of at least 4 members (excludes halogenated alkanes) is 1. The SMILES string of the molecule is CCCCC(=O)c1cccc(OCc2cc(Cl)cc(Cl)c2)c1. The summed E-state index contributed by atoms with van der Waals surface area (Å²) in [5, 5.41) is 1.16. The number of ketones is 1. The predicted molar refractivity (Wildman–Crippen MR) is 91.1 cm³/mol. The van der Waals surface area contributed by atoms with Gasteiger partial charge in [0.05, 0.1) is 0 Å². The second-order valence-corrected chi connectivity index (χ2v) is 5.99. The summed E-state index contributed by atoms with van der Waals surface area (Å²) in [6, 6.07) is 12.6. The lowest BCUT2D eigenvalue weighted by atomic mass is 10.1. The molecule has 0 bridgehead atoms. The third-order valence-electron chi connectivity index (χ3n) is 3.24. The highest BCUT2D eigenvalue weighted by Gasteiger charge is 2.07. The van der Waals surface area contributed by atoms with Gasteiger partial charge in [-0.2, -0.15) is 0 Å². The Hall–Kier alpha value is -1.51. The van der Waals surface area contributed by atoms with E-state index in [-0.39, 0.29) is 5.78 Å². The van der Waals surface area contributed by atoms with Gasteiger partial charge >= 0.3 is 0 Å². The maximum Gasteiger partial charge on any atom is 0.163 e. The first kappa shape index (κ1) is 16.9. The molecule has 0 atom stereocenters. The molecule has 22 heavy (non-hydrogen) atoms. The van der Waals surface area contributed by atoms with Crippen LogP contribution in [-0.4, -0.2) is 5.78 Å². The first-order valence-electron chi connectivity index (χ1n) is 7.29. The topological polar surface area (TPSA) is 26.3 Å². The van der Waals surface area contributed by atoms with E-state index in [0.717, 1.165) is 18.4 Å². The van der Waals surface area contributed by atoms with Gasteiger partial charge in [0.15, 0.2) is 5.78 Å². The van der Waals surface area contributed by atoms with Crippen molar-refractivity contribution in [1.29, 1.82) is 0 Å². The molecular weight excluding hydrogens is 319 g/mol.